The lowest BCUT2D eigenvalue weighted by atomic mass is 10.1. The van der Waals surface area contributed by atoms with Crippen molar-refractivity contribution in [1.82, 2.24) is 4.31 Å². The molecule has 7 nitrogen and oxygen atoms in total. The highest BCUT2D eigenvalue weighted by Crippen LogP contribution is 2.30. The van der Waals surface area contributed by atoms with E-state index >= 15 is 0 Å². The van der Waals surface area contributed by atoms with E-state index in [1.165, 1.54) is 28.6 Å². The Balaban J connectivity index is 1.92. The summed E-state index contributed by atoms with van der Waals surface area (Å²) in [6, 6.07) is 14.7. The molecule has 0 amide bonds. The highest BCUT2D eigenvalue weighted by atomic mass is 32.2. The Morgan fingerprint density at radius 2 is 1.75 bits per heavy atom. The van der Waals surface area contributed by atoms with Crippen LogP contribution in [0.3, 0.4) is 0 Å². The zero-order valence-electron chi connectivity index (χ0n) is 12.7. The summed E-state index contributed by atoms with van der Waals surface area (Å²) in [6.45, 7) is 0.523. The zero-order chi connectivity index (χ0) is 17.2. The first-order chi connectivity index (χ1) is 11.5. The predicted molar refractivity (Wildman–Crippen MR) is 87.0 cm³/mol. The summed E-state index contributed by atoms with van der Waals surface area (Å²) < 4.78 is 32.6. The van der Waals surface area contributed by atoms with Crippen molar-refractivity contribution in [2.75, 3.05) is 19.7 Å². The summed E-state index contributed by atoms with van der Waals surface area (Å²) in [5.74, 6) is 0. The van der Waals surface area contributed by atoms with Gasteiger partial charge in [0.25, 0.3) is 5.69 Å². The molecule has 2 aromatic carbocycles. The molecule has 1 aliphatic rings. The predicted octanol–water partition coefficient (Wildman–Crippen LogP) is 2.36. The van der Waals surface area contributed by atoms with Crippen molar-refractivity contribution >= 4 is 15.7 Å². The van der Waals surface area contributed by atoms with Gasteiger partial charge in [-0.25, -0.2) is 8.42 Å². The molecule has 0 radical (unpaired) electrons. The third-order valence-corrected chi connectivity index (χ3v) is 5.79. The van der Waals surface area contributed by atoms with Crippen LogP contribution in [0, 0.1) is 10.1 Å². The molecule has 0 spiro atoms. The summed E-state index contributed by atoms with van der Waals surface area (Å²) in [5.41, 5.74) is 0.459. The molecule has 1 saturated heterocycles. The van der Waals surface area contributed by atoms with Crippen molar-refractivity contribution in [2.45, 2.75) is 11.0 Å². The Bertz CT molecular complexity index is 839. The average molecular weight is 348 g/mol. The fraction of sp³-hybridized carbons (Fsp3) is 0.250. The van der Waals surface area contributed by atoms with E-state index in [0.717, 1.165) is 5.56 Å². The Hall–Kier alpha value is -2.29. The van der Waals surface area contributed by atoms with E-state index in [0.29, 0.717) is 0 Å². The topological polar surface area (TPSA) is 89.8 Å². The van der Waals surface area contributed by atoms with Crippen LogP contribution in [0.2, 0.25) is 0 Å². The summed E-state index contributed by atoms with van der Waals surface area (Å²) in [4.78, 5) is 10.2. The van der Waals surface area contributed by atoms with Gasteiger partial charge in [-0.15, -0.1) is 0 Å². The van der Waals surface area contributed by atoms with Gasteiger partial charge in [0.15, 0.2) is 4.90 Å². The maximum absolute atomic E-state index is 12.9. The van der Waals surface area contributed by atoms with Gasteiger partial charge in [-0.2, -0.15) is 4.31 Å². The molecule has 0 aromatic heterocycles. The molecule has 0 bridgehead atoms. The molecule has 1 fully saturated rings. The highest BCUT2D eigenvalue weighted by Gasteiger charge is 2.35. The van der Waals surface area contributed by atoms with Gasteiger partial charge in [0, 0.05) is 19.2 Å². The summed E-state index contributed by atoms with van der Waals surface area (Å²) in [5, 5.41) is 11.1. The number of ether oxygens (including phenoxy) is 1. The van der Waals surface area contributed by atoms with Gasteiger partial charge in [0.1, 0.15) is 0 Å². The van der Waals surface area contributed by atoms with Gasteiger partial charge < -0.3 is 4.74 Å². The second-order valence-electron chi connectivity index (χ2n) is 5.36. The quantitative estimate of drug-likeness (QED) is 0.625. The van der Waals surface area contributed by atoms with Gasteiger partial charge in [0.05, 0.1) is 17.6 Å². The molecule has 2 aromatic rings. The number of rotatable bonds is 4. The Labute approximate surface area is 139 Å². The van der Waals surface area contributed by atoms with E-state index in [1.807, 2.05) is 30.3 Å². The van der Waals surface area contributed by atoms with Crippen LogP contribution in [0.25, 0.3) is 0 Å². The minimum atomic E-state index is -3.97. The fourth-order valence-corrected chi connectivity index (χ4v) is 4.26. The van der Waals surface area contributed by atoms with Crippen LogP contribution in [0.15, 0.2) is 59.5 Å². The largest absolute Gasteiger partial charge is 0.371 e. The van der Waals surface area contributed by atoms with Gasteiger partial charge in [-0.3, -0.25) is 10.1 Å². The fourth-order valence-electron chi connectivity index (χ4n) is 2.68. The van der Waals surface area contributed by atoms with E-state index in [-0.39, 0.29) is 24.6 Å². The number of hydrogen-bond donors (Lipinski definition) is 0. The Morgan fingerprint density at radius 1 is 1.08 bits per heavy atom. The van der Waals surface area contributed by atoms with Crippen LogP contribution in [0.4, 0.5) is 5.69 Å². The van der Waals surface area contributed by atoms with E-state index in [9.17, 15) is 18.5 Å². The number of hydrogen-bond acceptors (Lipinski definition) is 5. The smallest absolute Gasteiger partial charge is 0.289 e. The lowest BCUT2D eigenvalue weighted by molar-refractivity contribution is -0.387. The number of benzene rings is 2. The highest BCUT2D eigenvalue weighted by molar-refractivity contribution is 7.89. The van der Waals surface area contributed by atoms with Crippen LogP contribution in [-0.2, 0) is 14.8 Å². The molecular weight excluding hydrogens is 332 g/mol. The van der Waals surface area contributed by atoms with Gasteiger partial charge in [0.2, 0.25) is 10.0 Å². The standard InChI is InChI=1S/C16H16N2O5S/c19-18(20)14-8-4-5-9-16(14)24(21,22)17-10-11-23-15(12-17)13-6-2-1-3-7-13/h1-9,15H,10-12H2. The minimum absolute atomic E-state index is 0.123. The van der Waals surface area contributed by atoms with Crippen molar-refractivity contribution in [2.24, 2.45) is 0 Å². The SMILES string of the molecule is O=[N+]([O-])c1ccccc1S(=O)(=O)N1CCOC(c2ccccc2)C1. The number of nitro groups is 1. The van der Waals surface area contributed by atoms with Crippen LogP contribution in [-0.4, -0.2) is 37.3 Å². The lowest BCUT2D eigenvalue weighted by Gasteiger charge is -2.32. The van der Waals surface area contributed by atoms with Crippen LogP contribution >= 0.6 is 0 Å². The molecule has 0 N–H and O–H groups in total. The number of nitrogens with zero attached hydrogens (tertiary/aromatic N) is 2. The van der Waals surface area contributed by atoms with Crippen LogP contribution in [0.5, 0.6) is 0 Å². The molecular formula is C16H16N2O5S. The maximum atomic E-state index is 12.9. The molecule has 1 heterocycles. The first-order valence-electron chi connectivity index (χ1n) is 7.40. The average Bonchev–Trinajstić information content (AvgIpc) is 2.62. The van der Waals surface area contributed by atoms with Crippen molar-refractivity contribution in [3.63, 3.8) is 0 Å². The third-order valence-electron chi connectivity index (χ3n) is 3.88. The van der Waals surface area contributed by atoms with E-state index in [1.54, 1.807) is 0 Å². The number of morpholine rings is 1. The number of para-hydroxylation sites is 1. The number of nitro benzene ring substituents is 1. The van der Waals surface area contributed by atoms with Crippen molar-refractivity contribution in [3.8, 4) is 0 Å². The second kappa shape index (κ2) is 6.68. The normalized spacial score (nSPS) is 19.1. The first-order valence-corrected chi connectivity index (χ1v) is 8.84. The van der Waals surface area contributed by atoms with Crippen molar-refractivity contribution in [1.29, 1.82) is 0 Å². The monoisotopic (exact) mass is 348 g/mol. The molecule has 8 heteroatoms. The molecule has 1 aliphatic heterocycles. The van der Waals surface area contributed by atoms with Crippen molar-refractivity contribution in [3.05, 3.63) is 70.3 Å². The molecule has 0 aliphatic carbocycles. The maximum Gasteiger partial charge on any atom is 0.289 e. The molecule has 24 heavy (non-hydrogen) atoms. The molecule has 0 saturated carbocycles. The molecule has 1 atom stereocenters. The van der Waals surface area contributed by atoms with E-state index in [4.69, 9.17) is 4.74 Å². The van der Waals surface area contributed by atoms with Gasteiger partial charge >= 0.3 is 0 Å². The minimum Gasteiger partial charge on any atom is -0.371 e. The summed E-state index contributed by atoms with van der Waals surface area (Å²) in [6.07, 6.45) is -0.391. The van der Waals surface area contributed by atoms with E-state index < -0.39 is 26.7 Å². The molecule has 3 rings (SSSR count). The van der Waals surface area contributed by atoms with Crippen LogP contribution < -0.4 is 0 Å². The zero-order valence-corrected chi connectivity index (χ0v) is 13.6. The lowest BCUT2D eigenvalue weighted by Crippen LogP contribution is -2.42. The number of sulfonamides is 1. The summed E-state index contributed by atoms with van der Waals surface area (Å²) in [7, 11) is -3.97. The molecule has 126 valence electrons. The third kappa shape index (κ3) is 3.16. The molecule has 1 unspecified atom stereocenters. The Kier molecular flexibility index (Phi) is 4.61. The van der Waals surface area contributed by atoms with Gasteiger partial charge in [-0.1, -0.05) is 42.5 Å². The Morgan fingerprint density at radius 3 is 2.46 bits per heavy atom. The van der Waals surface area contributed by atoms with Crippen LogP contribution in [0.1, 0.15) is 11.7 Å². The summed E-state index contributed by atoms with van der Waals surface area (Å²) >= 11 is 0. The van der Waals surface area contributed by atoms with E-state index in [2.05, 4.69) is 0 Å². The van der Waals surface area contributed by atoms with Crippen molar-refractivity contribution < 1.29 is 18.1 Å². The first kappa shape index (κ1) is 16.6. The van der Waals surface area contributed by atoms with Gasteiger partial charge in [-0.05, 0) is 11.6 Å². The second-order valence-corrected chi connectivity index (χ2v) is 7.26.